The van der Waals surface area contributed by atoms with Gasteiger partial charge in [-0.05, 0) is 79.0 Å². The average Bonchev–Trinajstić information content (AvgIpc) is 2.79. The lowest BCUT2D eigenvalue weighted by Crippen LogP contribution is -2.13. The third kappa shape index (κ3) is 6.09. The quantitative estimate of drug-likeness (QED) is 0.356. The fourth-order valence-electron chi connectivity index (χ4n) is 4.84. The van der Waals surface area contributed by atoms with Crippen molar-refractivity contribution in [3.63, 3.8) is 0 Å². The zero-order valence-electron chi connectivity index (χ0n) is 19.7. The number of hydrogen-bond acceptors (Lipinski definition) is 1. The van der Waals surface area contributed by atoms with Crippen molar-refractivity contribution in [2.24, 2.45) is 5.92 Å². The van der Waals surface area contributed by atoms with Crippen molar-refractivity contribution in [1.29, 1.82) is 0 Å². The van der Waals surface area contributed by atoms with E-state index in [-0.39, 0.29) is 18.8 Å². The summed E-state index contributed by atoms with van der Waals surface area (Å²) in [4.78, 5) is 0. The molecule has 0 heterocycles. The predicted molar refractivity (Wildman–Crippen MR) is 131 cm³/mol. The highest BCUT2D eigenvalue weighted by Crippen LogP contribution is 2.40. The molecule has 0 N–H and O–H groups in total. The first-order valence-corrected chi connectivity index (χ1v) is 11.7. The SMILES string of the molecule is C=C(c1ccc(C(C(=C)CCC(C)(F)F)c2ccc(OC)cc2)c(C)c1)C1CCCCC1. The van der Waals surface area contributed by atoms with E-state index in [2.05, 4.69) is 38.3 Å². The van der Waals surface area contributed by atoms with Gasteiger partial charge in [0, 0.05) is 12.3 Å². The van der Waals surface area contributed by atoms with Crippen molar-refractivity contribution in [3.8, 4) is 5.75 Å². The summed E-state index contributed by atoms with van der Waals surface area (Å²) in [5, 5.41) is 0. The monoisotopic (exact) mass is 438 g/mol. The van der Waals surface area contributed by atoms with Gasteiger partial charge in [0.25, 0.3) is 0 Å². The lowest BCUT2D eigenvalue weighted by atomic mass is 9.78. The standard InChI is InChI=1S/C29H36F2O/c1-20(17-18-29(4,30)31)28(24-11-14-26(32-5)15-12-24)27-16-13-25(19-21(27)2)22(3)23-9-7-6-8-10-23/h11-16,19,23,28H,1,3,6-10,17-18H2,2,4-5H3. The Bertz CT molecular complexity index is 931. The van der Waals surface area contributed by atoms with Gasteiger partial charge in [-0.15, -0.1) is 0 Å². The van der Waals surface area contributed by atoms with Gasteiger partial charge in [0.15, 0.2) is 0 Å². The van der Waals surface area contributed by atoms with E-state index in [1.54, 1.807) is 7.11 Å². The molecule has 1 atom stereocenters. The second-order valence-corrected chi connectivity index (χ2v) is 9.37. The van der Waals surface area contributed by atoms with Crippen LogP contribution in [0.1, 0.15) is 80.0 Å². The molecule has 1 aliphatic rings. The molecule has 0 amide bonds. The molecule has 3 rings (SSSR count). The number of aryl methyl sites for hydroxylation is 1. The number of benzene rings is 2. The van der Waals surface area contributed by atoms with E-state index < -0.39 is 5.92 Å². The first-order valence-electron chi connectivity index (χ1n) is 11.7. The van der Waals surface area contributed by atoms with E-state index in [0.29, 0.717) is 5.92 Å². The average molecular weight is 439 g/mol. The summed E-state index contributed by atoms with van der Waals surface area (Å²) in [6.07, 6.45) is 6.39. The van der Waals surface area contributed by atoms with Crippen molar-refractivity contribution in [3.05, 3.63) is 83.4 Å². The summed E-state index contributed by atoms with van der Waals surface area (Å²) >= 11 is 0. The van der Waals surface area contributed by atoms with Crippen LogP contribution in [0.4, 0.5) is 8.78 Å². The first kappa shape index (κ1) is 24.2. The molecule has 1 saturated carbocycles. The van der Waals surface area contributed by atoms with Crippen LogP contribution in [-0.4, -0.2) is 13.0 Å². The smallest absolute Gasteiger partial charge is 0.245 e. The van der Waals surface area contributed by atoms with E-state index in [4.69, 9.17) is 4.74 Å². The highest BCUT2D eigenvalue weighted by molar-refractivity contribution is 5.67. The zero-order valence-corrected chi connectivity index (χ0v) is 19.7. The first-order chi connectivity index (χ1) is 15.2. The second-order valence-electron chi connectivity index (χ2n) is 9.37. The van der Waals surface area contributed by atoms with Gasteiger partial charge in [0.1, 0.15) is 5.75 Å². The Balaban J connectivity index is 1.92. The minimum Gasteiger partial charge on any atom is -0.497 e. The Hall–Kier alpha value is -2.42. The molecule has 0 aliphatic heterocycles. The molecule has 172 valence electrons. The topological polar surface area (TPSA) is 9.23 Å². The summed E-state index contributed by atoms with van der Waals surface area (Å²) in [7, 11) is 1.64. The molecule has 0 radical (unpaired) electrons. The van der Waals surface area contributed by atoms with Gasteiger partial charge in [-0.25, -0.2) is 8.78 Å². The molecule has 0 bridgehead atoms. The van der Waals surface area contributed by atoms with Crippen molar-refractivity contribution in [1.82, 2.24) is 0 Å². The molecule has 1 fully saturated rings. The van der Waals surface area contributed by atoms with Crippen LogP contribution in [0.25, 0.3) is 5.57 Å². The third-order valence-electron chi connectivity index (χ3n) is 6.79. The maximum Gasteiger partial charge on any atom is 0.245 e. The molecule has 2 aromatic rings. The molecular weight excluding hydrogens is 402 g/mol. The van der Waals surface area contributed by atoms with Crippen molar-refractivity contribution < 1.29 is 13.5 Å². The number of rotatable bonds is 9. The molecule has 1 nitrogen and oxygen atoms in total. The number of halogens is 2. The molecular formula is C29H36F2O. The van der Waals surface area contributed by atoms with Gasteiger partial charge in [0.2, 0.25) is 5.92 Å². The lowest BCUT2D eigenvalue weighted by molar-refractivity contribution is 0.0131. The minimum absolute atomic E-state index is 0.139. The van der Waals surface area contributed by atoms with Gasteiger partial charge in [-0.3, -0.25) is 0 Å². The van der Waals surface area contributed by atoms with E-state index in [1.807, 2.05) is 24.3 Å². The Morgan fingerprint density at radius 2 is 1.72 bits per heavy atom. The summed E-state index contributed by atoms with van der Waals surface area (Å²) in [6, 6.07) is 14.3. The lowest BCUT2D eigenvalue weighted by Gasteiger charge is -2.26. The van der Waals surface area contributed by atoms with Crippen LogP contribution in [-0.2, 0) is 0 Å². The maximum atomic E-state index is 13.6. The van der Waals surface area contributed by atoms with Gasteiger partial charge >= 0.3 is 0 Å². The highest BCUT2D eigenvalue weighted by Gasteiger charge is 2.26. The Kier molecular flexibility index (Phi) is 7.92. The van der Waals surface area contributed by atoms with Gasteiger partial charge in [-0.2, -0.15) is 0 Å². The summed E-state index contributed by atoms with van der Waals surface area (Å²) < 4.78 is 32.5. The molecule has 3 heteroatoms. The molecule has 2 aromatic carbocycles. The molecule has 0 spiro atoms. The van der Waals surface area contributed by atoms with Crippen LogP contribution in [0.3, 0.4) is 0 Å². The molecule has 0 aromatic heterocycles. The number of allylic oxidation sites excluding steroid dienone is 2. The van der Waals surface area contributed by atoms with E-state index >= 15 is 0 Å². The van der Waals surface area contributed by atoms with Gasteiger partial charge < -0.3 is 4.74 Å². The second kappa shape index (κ2) is 10.5. The van der Waals surface area contributed by atoms with Gasteiger partial charge in [-0.1, -0.05) is 68.3 Å². The molecule has 1 unspecified atom stereocenters. The molecule has 32 heavy (non-hydrogen) atoms. The van der Waals surface area contributed by atoms with Crippen molar-refractivity contribution in [2.75, 3.05) is 7.11 Å². The van der Waals surface area contributed by atoms with Crippen LogP contribution in [0, 0.1) is 12.8 Å². The summed E-state index contributed by atoms with van der Waals surface area (Å²) in [6.45, 7) is 11.7. The fraction of sp³-hybridized carbons (Fsp3) is 0.448. The normalized spacial score (nSPS) is 15.9. The van der Waals surface area contributed by atoms with E-state index in [9.17, 15) is 8.78 Å². The Morgan fingerprint density at radius 3 is 2.28 bits per heavy atom. The van der Waals surface area contributed by atoms with Crippen molar-refractivity contribution >= 4 is 5.57 Å². The Labute approximate surface area is 192 Å². The maximum absolute atomic E-state index is 13.6. The third-order valence-corrected chi connectivity index (χ3v) is 6.79. The van der Waals surface area contributed by atoms with E-state index in [1.165, 1.54) is 43.2 Å². The minimum atomic E-state index is -2.70. The van der Waals surface area contributed by atoms with Crippen LogP contribution >= 0.6 is 0 Å². The van der Waals surface area contributed by atoms with Crippen LogP contribution in [0.5, 0.6) is 5.75 Å². The summed E-state index contributed by atoms with van der Waals surface area (Å²) in [5.74, 6) is -1.51. The highest BCUT2D eigenvalue weighted by atomic mass is 19.3. The van der Waals surface area contributed by atoms with E-state index in [0.717, 1.165) is 34.9 Å². The number of hydrogen-bond donors (Lipinski definition) is 0. The molecule has 1 aliphatic carbocycles. The van der Waals surface area contributed by atoms with Crippen LogP contribution < -0.4 is 4.74 Å². The Morgan fingerprint density at radius 1 is 1.06 bits per heavy atom. The predicted octanol–water partition coefficient (Wildman–Crippen LogP) is 8.72. The largest absolute Gasteiger partial charge is 0.497 e. The summed E-state index contributed by atoms with van der Waals surface area (Å²) in [5.41, 5.74) is 6.52. The van der Waals surface area contributed by atoms with Crippen molar-refractivity contribution in [2.45, 2.75) is 70.6 Å². The zero-order chi connectivity index (χ0) is 23.3. The number of alkyl halides is 2. The molecule has 0 saturated heterocycles. The fourth-order valence-corrected chi connectivity index (χ4v) is 4.84. The van der Waals surface area contributed by atoms with Gasteiger partial charge in [0.05, 0.1) is 7.11 Å². The van der Waals surface area contributed by atoms with Crippen LogP contribution in [0.15, 0.2) is 61.2 Å². The number of methoxy groups -OCH3 is 1. The van der Waals surface area contributed by atoms with Crippen LogP contribution in [0.2, 0.25) is 0 Å². The number of ether oxygens (including phenoxy) is 1.